The first-order valence-corrected chi connectivity index (χ1v) is 7.37. The van der Waals surface area contributed by atoms with Crippen LogP contribution in [-0.2, 0) is 11.2 Å². The van der Waals surface area contributed by atoms with Crippen LogP contribution >= 0.6 is 0 Å². The lowest BCUT2D eigenvalue weighted by Crippen LogP contribution is -2.45. The minimum absolute atomic E-state index is 0.232. The summed E-state index contributed by atoms with van der Waals surface area (Å²) in [5.74, 6) is 0.766. The molecule has 1 unspecified atom stereocenters. The average Bonchev–Trinajstić information content (AvgIpc) is 2.48. The van der Waals surface area contributed by atoms with E-state index in [1.165, 1.54) is 0 Å². The zero-order valence-electron chi connectivity index (χ0n) is 12.6. The molecule has 2 heterocycles. The van der Waals surface area contributed by atoms with E-state index >= 15 is 0 Å². The van der Waals surface area contributed by atoms with Gasteiger partial charge in [0.2, 0.25) is 0 Å². The summed E-state index contributed by atoms with van der Waals surface area (Å²) in [4.78, 5) is 22.3. The molecule has 1 aliphatic rings. The Bertz CT molecular complexity index is 451. The number of amides is 2. The van der Waals surface area contributed by atoms with Gasteiger partial charge in [-0.15, -0.1) is 0 Å². The molecule has 1 aliphatic heterocycles. The number of urea groups is 1. The van der Waals surface area contributed by atoms with Crippen molar-refractivity contribution in [3.63, 3.8) is 0 Å². The van der Waals surface area contributed by atoms with Crippen LogP contribution in [0.2, 0.25) is 0 Å². The fourth-order valence-corrected chi connectivity index (χ4v) is 2.20. The van der Waals surface area contributed by atoms with Crippen LogP contribution in [0.4, 0.5) is 10.5 Å². The molecule has 1 fully saturated rings. The standard InChI is InChI=1S/C14H23N5O2/c1-3-13-16-8-12(9-17-13)18-14(20)15-4-5-19-6-7-21-11(2)10-19/h8-9,11H,3-7,10H2,1-2H3,(H2,15,18,20). The van der Waals surface area contributed by atoms with Crippen LogP contribution in [0.15, 0.2) is 12.4 Å². The smallest absolute Gasteiger partial charge is 0.319 e. The van der Waals surface area contributed by atoms with E-state index < -0.39 is 0 Å². The van der Waals surface area contributed by atoms with Gasteiger partial charge in [0.25, 0.3) is 0 Å². The third kappa shape index (κ3) is 5.28. The van der Waals surface area contributed by atoms with Crippen LogP contribution < -0.4 is 10.6 Å². The van der Waals surface area contributed by atoms with Crippen molar-refractivity contribution in [2.24, 2.45) is 0 Å². The maximum atomic E-state index is 11.8. The van der Waals surface area contributed by atoms with Crippen molar-refractivity contribution in [1.29, 1.82) is 0 Å². The van der Waals surface area contributed by atoms with E-state index in [9.17, 15) is 4.79 Å². The highest BCUT2D eigenvalue weighted by atomic mass is 16.5. The normalized spacial score (nSPS) is 19.2. The van der Waals surface area contributed by atoms with E-state index in [0.29, 0.717) is 12.2 Å². The number of hydrogen-bond acceptors (Lipinski definition) is 5. The molecule has 0 aromatic carbocycles. The highest BCUT2D eigenvalue weighted by molar-refractivity contribution is 5.88. The zero-order chi connectivity index (χ0) is 15.1. The minimum Gasteiger partial charge on any atom is -0.376 e. The molecule has 21 heavy (non-hydrogen) atoms. The molecular weight excluding hydrogens is 270 g/mol. The predicted molar refractivity (Wildman–Crippen MR) is 80.3 cm³/mol. The summed E-state index contributed by atoms with van der Waals surface area (Å²) in [7, 11) is 0. The van der Waals surface area contributed by atoms with Gasteiger partial charge in [0, 0.05) is 32.6 Å². The van der Waals surface area contributed by atoms with Crippen molar-refractivity contribution in [2.45, 2.75) is 26.4 Å². The van der Waals surface area contributed by atoms with Gasteiger partial charge >= 0.3 is 6.03 Å². The molecule has 1 aromatic heterocycles. The number of ether oxygens (including phenoxy) is 1. The van der Waals surface area contributed by atoms with Crippen molar-refractivity contribution in [1.82, 2.24) is 20.2 Å². The van der Waals surface area contributed by atoms with Gasteiger partial charge in [-0.2, -0.15) is 0 Å². The highest BCUT2D eigenvalue weighted by Crippen LogP contribution is 2.04. The number of anilines is 1. The maximum absolute atomic E-state index is 11.8. The molecular formula is C14H23N5O2. The van der Waals surface area contributed by atoms with E-state index in [1.54, 1.807) is 12.4 Å². The second-order valence-electron chi connectivity index (χ2n) is 5.10. The number of rotatable bonds is 5. The van der Waals surface area contributed by atoms with Crippen molar-refractivity contribution in [2.75, 3.05) is 38.1 Å². The summed E-state index contributed by atoms with van der Waals surface area (Å²) >= 11 is 0. The number of carbonyl (C=O) groups is 1. The number of morpholine rings is 1. The van der Waals surface area contributed by atoms with Crippen molar-refractivity contribution < 1.29 is 9.53 Å². The molecule has 1 saturated heterocycles. The molecule has 2 amide bonds. The molecule has 0 bridgehead atoms. The molecule has 1 aromatic rings. The van der Waals surface area contributed by atoms with Crippen LogP contribution in [-0.4, -0.2) is 59.8 Å². The number of aryl methyl sites for hydroxylation is 1. The first kappa shape index (κ1) is 15.7. The maximum Gasteiger partial charge on any atom is 0.319 e. The van der Waals surface area contributed by atoms with Gasteiger partial charge in [-0.25, -0.2) is 14.8 Å². The van der Waals surface area contributed by atoms with Crippen LogP contribution in [0.1, 0.15) is 19.7 Å². The van der Waals surface area contributed by atoms with Gasteiger partial charge < -0.3 is 15.4 Å². The molecule has 2 rings (SSSR count). The largest absolute Gasteiger partial charge is 0.376 e. The first-order chi connectivity index (χ1) is 10.2. The Morgan fingerprint density at radius 3 is 2.90 bits per heavy atom. The summed E-state index contributed by atoms with van der Waals surface area (Å²) in [6.45, 7) is 8.07. The Morgan fingerprint density at radius 1 is 1.48 bits per heavy atom. The van der Waals surface area contributed by atoms with E-state index in [0.717, 1.165) is 38.5 Å². The van der Waals surface area contributed by atoms with Crippen LogP contribution in [0.5, 0.6) is 0 Å². The van der Waals surface area contributed by atoms with Gasteiger partial charge in [-0.05, 0) is 6.92 Å². The lowest BCUT2D eigenvalue weighted by atomic mass is 10.3. The number of carbonyl (C=O) groups excluding carboxylic acids is 1. The molecule has 7 heteroatoms. The lowest BCUT2D eigenvalue weighted by molar-refractivity contribution is -0.0174. The summed E-state index contributed by atoms with van der Waals surface area (Å²) in [5.41, 5.74) is 0.602. The zero-order valence-corrected chi connectivity index (χ0v) is 12.6. The quantitative estimate of drug-likeness (QED) is 0.842. The number of nitrogens with one attached hydrogen (secondary N) is 2. The summed E-state index contributed by atoms with van der Waals surface area (Å²) in [6.07, 6.45) is 4.29. The Labute approximate surface area is 125 Å². The summed E-state index contributed by atoms with van der Waals surface area (Å²) in [5, 5.41) is 5.56. The van der Waals surface area contributed by atoms with Crippen LogP contribution in [0.3, 0.4) is 0 Å². The SMILES string of the molecule is CCc1ncc(NC(=O)NCCN2CCOC(C)C2)cn1. The number of aromatic nitrogens is 2. The number of hydrogen-bond donors (Lipinski definition) is 2. The van der Waals surface area contributed by atoms with Crippen molar-refractivity contribution in [3.05, 3.63) is 18.2 Å². The van der Waals surface area contributed by atoms with Crippen molar-refractivity contribution in [3.8, 4) is 0 Å². The van der Waals surface area contributed by atoms with Gasteiger partial charge in [-0.1, -0.05) is 6.92 Å². The average molecular weight is 293 g/mol. The summed E-state index contributed by atoms with van der Waals surface area (Å²) in [6, 6.07) is -0.232. The third-order valence-corrected chi connectivity index (χ3v) is 3.32. The lowest BCUT2D eigenvalue weighted by Gasteiger charge is -2.30. The van der Waals surface area contributed by atoms with E-state index in [1.807, 2.05) is 6.92 Å². The molecule has 0 saturated carbocycles. The van der Waals surface area contributed by atoms with E-state index in [2.05, 4.69) is 32.4 Å². The predicted octanol–water partition coefficient (Wildman–Crippen LogP) is 0.881. The molecule has 116 valence electrons. The van der Waals surface area contributed by atoms with Gasteiger partial charge in [0.1, 0.15) is 5.82 Å². The minimum atomic E-state index is -0.232. The Hall–Kier alpha value is -1.73. The van der Waals surface area contributed by atoms with Crippen LogP contribution in [0, 0.1) is 0 Å². The molecule has 7 nitrogen and oxygen atoms in total. The fraction of sp³-hybridized carbons (Fsp3) is 0.643. The van der Waals surface area contributed by atoms with Gasteiger partial charge in [0.05, 0.1) is 30.8 Å². The van der Waals surface area contributed by atoms with Gasteiger partial charge in [0.15, 0.2) is 0 Å². The molecule has 1 atom stereocenters. The Morgan fingerprint density at radius 2 is 2.24 bits per heavy atom. The second kappa shape index (κ2) is 7.90. The first-order valence-electron chi connectivity index (χ1n) is 7.37. The van der Waals surface area contributed by atoms with Gasteiger partial charge in [-0.3, -0.25) is 4.90 Å². The third-order valence-electron chi connectivity index (χ3n) is 3.32. The summed E-state index contributed by atoms with van der Waals surface area (Å²) < 4.78 is 5.48. The Balaban J connectivity index is 1.67. The van der Waals surface area contributed by atoms with Crippen LogP contribution in [0.25, 0.3) is 0 Å². The monoisotopic (exact) mass is 293 g/mol. The van der Waals surface area contributed by atoms with Crippen molar-refractivity contribution >= 4 is 11.7 Å². The molecule has 2 N–H and O–H groups in total. The topological polar surface area (TPSA) is 79.4 Å². The Kier molecular flexibility index (Phi) is 5.89. The number of nitrogens with zero attached hydrogens (tertiary/aromatic N) is 3. The highest BCUT2D eigenvalue weighted by Gasteiger charge is 2.16. The molecule has 0 radical (unpaired) electrons. The molecule has 0 spiro atoms. The van der Waals surface area contributed by atoms with E-state index in [-0.39, 0.29) is 12.1 Å². The molecule has 0 aliphatic carbocycles. The fourth-order valence-electron chi connectivity index (χ4n) is 2.20. The second-order valence-corrected chi connectivity index (χ2v) is 5.10. The van der Waals surface area contributed by atoms with E-state index in [4.69, 9.17) is 4.74 Å².